The van der Waals surface area contributed by atoms with Crippen LogP contribution in [0.4, 0.5) is 0 Å². The molecule has 11 atom stereocenters. The van der Waals surface area contributed by atoms with E-state index in [1.54, 1.807) is 0 Å². The summed E-state index contributed by atoms with van der Waals surface area (Å²) in [6.45, 7) is 11.8. The molecule has 0 aliphatic heterocycles. The Morgan fingerprint density at radius 3 is 2.34 bits per heavy atom. The maximum Gasteiger partial charge on any atom is 0.133 e. The van der Waals surface area contributed by atoms with Crippen LogP contribution in [0.15, 0.2) is 0 Å². The van der Waals surface area contributed by atoms with Gasteiger partial charge in [0.1, 0.15) is 5.78 Å². The molecule has 4 rings (SSSR count). The molecule has 2 unspecified atom stereocenters. The van der Waals surface area contributed by atoms with Crippen LogP contribution in [0.1, 0.15) is 112 Å². The molecule has 0 spiro atoms. The van der Waals surface area contributed by atoms with Gasteiger partial charge in [-0.25, -0.2) is 0 Å². The fourth-order valence-corrected chi connectivity index (χ4v) is 9.91. The topological polar surface area (TPSA) is 57.5 Å². The van der Waals surface area contributed by atoms with E-state index < -0.39 is 0 Å². The molecule has 0 saturated heterocycles. The second-order valence-electron chi connectivity index (χ2n) is 12.9. The first kappa shape index (κ1) is 24.7. The highest BCUT2D eigenvalue weighted by Gasteiger charge is 2.64. The maximum absolute atomic E-state index is 12.6. The maximum atomic E-state index is 12.6. The fourth-order valence-electron chi connectivity index (χ4n) is 9.91. The molecule has 32 heavy (non-hydrogen) atoms. The predicted molar refractivity (Wildman–Crippen MR) is 130 cm³/mol. The first-order valence-electron chi connectivity index (χ1n) is 14.0. The number of carbonyl (C=O) groups is 1. The molecule has 0 aromatic heterocycles. The van der Waals surface area contributed by atoms with Crippen LogP contribution in [0, 0.1) is 52.3 Å². The van der Waals surface area contributed by atoms with Gasteiger partial charge in [-0.15, -0.1) is 0 Å². The third kappa shape index (κ3) is 3.92. The molecular formula is C29H50O3. The van der Waals surface area contributed by atoms with Crippen LogP contribution in [0.5, 0.6) is 0 Å². The zero-order valence-corrected chi connectivity index (χ0v) is 21.5. The van der Waals surface area contributed by atoms with Crippen molar-refractivity contribution in [3.8, 4) is 0 Å². The number of hydrogen-bond acceptors (Lipinski definition) is 3. The summed E-state index contributed by atoms with van der Waals surface area (Å²) >= 11 is 0. The standard InChI is InChI=1S/C29H50O3/c1-6-8-9-19(30)16-18(3)22-10-11-23-26-24(13-15-28(22,23)4)29(5)14-12-20(31)17-25(29)21(7-2)27(26)32/h18,20-27,31-32H,6-17H2,1-5H3/t18-,20-,21-,22-,23?,24?,25+,26+,27-,28-,29-/m1/s1. The van der Waals surface area contributed by atoms with Crippen LogP contribution in [0.25, 0.3) is 0 Å². The Bertz CT molecular complexity index is 675. The van der Waals surface area contributed by atoms with Crippen molar-refractivity contribution in [3.63, 3.8) is 0 Å². The fraction of sp³-hybridized carbons (Fsp3) is 0.966. The summed E-state index contributed by atoms with van der Waals surface area (Å²) < 4.78 is 0. The van der Waals surface area contributed by atoms with Crippen molar-refractivity contribution in [1.29, 1.82) is 0 Å². The van der Waals surface area contributed by atoms with Gasteiger partial charge in [-0.05, 0) is 104 Å². The molecule has 0 heterocycles. The van der Waals surface area contributed by atoms with Crippen molar-refractivity contribution in [1.82, 2.24) is 0 Å². The van der Waals surface area contributed by atoms with Crippen LogP contribution in [-0.2, 0) is 4.79 Å². The third-order valence-corrected chi connectivity index (χ3v) is 11.5. The average Bonchev–Trinajstić information content (AvgIpc) is 3.11. The van der Waals surface area contributed by atoms with Crippen LogP contribution in [0.2, 0.25) is 0 Å². The summed E-state index contributed by atoms with van der Waals surface area (Å²) in [7, 11) is 0. The molecule has 4 saturated carbocycles. The van der Waals surface area contributed by atoms with Gasteiger partial charge in [0.25, 0.3) is 0 Å². The van der Waals surface area contributed by atoms with Crippen molar-refractivity contribution in [3.05, 3.63) is 0 Å². The van der Waals surface area contributed by atoms with E-state index in [-0.39, 0.29) is 23.0 Å². The van der Waals surface area contributed by atoms with Crippen LogP contribution < -0.4 is 0 Å². The molecule has 0 aromatic rings. The largest absolute Gasteiger partial charge is 0.393 e. The first-order valence-corrected chi connectivity index (χ1v) is 14.0. The molecule has 0 aromatic carbocycles. The van der Waals surface area contributed by atoms with E-state index in [4.69, 9.17) is 0 Å². The van der Waals surface area contributed by atoms with Crippen molar-refractivity contribution < 1.29 is 15.0 Å². The average molecular weight is 447 g/mol. The number of rotatable bonds is 7. The molecule has 3 nitrogen and oxygen atoms in total. The zero-order chi connectivity index (χ0) is 23.3. The van der Waals surface area contributed by atoms with Gasteiger partial charge in [0.2, 0.25) is 0 Å². The predicted octanol–water partition coefficient (Wildman–Crippen LogP) is 6.40. The van der Waals surface area contributed by atoms with Crippen LogP contribution in [-0.4, -0.2) is 28.2 Å². The Kier molecular flexibility index (Phi) is 7.20. The lowest BCUT2D eigenvalue weighted by Crippen LogP contribution is -2.62. The summed E-state index contributed by atoms with van der Waals surface area (Å²) in [4.78, 5) is 12.6. The lowest BCUT2D eigenvalue weighted by Gasteiger charge is -2.64. The molecule has 0 bridgehead atoms. The highest BCUT2D eigenvalue weighted by atomic mass is 16.3. The van der Waals surface area contributed by atoms with Gasteiger partial charge in [0.05, 0.1) is 12.2 Å². The Labute approximate surface area is 197 Å². The summed E-state index contributed by atoms with van der Waals surface area (Å²) in [5.74, 6) is 3.91. The minimum atomic E-state index is -0.224. The Morgan fingerprint density at radius 2 is 1.66 bits per heavy atom. The van der Waals surface area contributed by atoms with E-state index in [0.29, 0.717) is 47.2 Å². The first-order chi connectivity index (χ1) is 15.2. The van der Waals surface area contributed by atoms with Crippen molar-refractivity contribution in [2.75, 3.05) is 0 Å². The van der Waals surface area contributed by atoms with Gasteiger partial charge in [0, 0.05) is 12.8 Å². The number of carbonyl (C=O) groups excluding carboxylic acids is 1. The Hall–Kier alpha value is -0.410. The minimum Gasteiger partial charge on any atom is -0.393 e. The van der Waals surface area contributed by atoms with Crippen molar-refractivity contribution in [2.24, 2.45) is 52.3 Å². The number of ketones is 1. The van der Waals surface area contributed by atoms with Crippen LogP contribution >= 0.6 is 0 Å². The second kappa shape index (κ2) is 9.33. The third-order valence-electron chi connectivity index (χ3n) is 11.5. The molecule has 4 fully saturated rings. The number of Topliss-reactive ketones (excluding diaryl/α,β-unsaturated/α-hetero) is 1. The van der Waals surface area contributed by atoms with E-state index in [1.807, 2.05) is 0 Å². The number of hydrogen-bond donors (Lipinski definition) is 2. The molecule has 0 amide bonds. The highest BCUT2D eigenvalue weighted by Crippen LogP contribution is 2.69. The number of unbranched alkanes of at least 4 members (excludes halogenated alkanes) is 1. The minimum absolute atomic E-state index is 0.179. The van der Waals surface area contributed by atoms with E-state index in [2.05, 4.69) is 34.6 Å². The van der Waals surface area contributed by atoms with Gasteiger partial charge >= 0.3 is 0 Å². The summed E-state index contributed by atoms with van der Waals surface area (Å²) in [5.41, 5.74) is 0.535. The molecule has 4 aliphatic carbocycles. The second-order valence-corrected chi connectivity index (χ2v) is 12.9. The van der Waals surface area contributed by atoms with Gasteiger partial charge in [-0.1, -0.05) is 47.5 Å². The van der Waals surface area contributed by atoms with Crippen molar-refractivity contribution in [2.45, 2.75) is 124 Å². The molecule has 3 heteroatoms. The number of fused-ring (bicyclic) bond motifs is 5. The number of aliphatic hydroxyl groups excluding tert-OH is 2. The van der Waals surface area contributed by atoms with Gasteiger partial charge in [0.15, 0.2) is 0 Å². The molecule has 184 valence electrons. The van der Waals surface area contributed by atoms with E-state index in [0.717, 1.165) is 51.4 Å². The normalized spacial score (nSPS) is 49.1. The lowest BCUT2D eigenvalue weighted by atomic mass is 9.41. The number of aliphatic hydroxyl groups is 2. The van der Waals surface area contributed by atoms with Crippen molar-refractivity contribution >= 4 is 5.78 Å². The van der Waals surface area contributed by atoms with E-state index in [9.17, 15) is 15.0 Å². The Morgan fingerprint density at radius 1 is 0.969 bits per heavy atom. The molecule has 2 N–H and O–H groups in total. The monoisotopic (exact) mass is 446 g/mol. The quantitative estimate of drug-likeness (QED) is 0.476. The zero-order valence-electron chi connectivity index (χ0n) is 21.5. The smallest absolute Gasteiger partial charge is 0.133 e. The van der Waals surface area contributed by atoms with E-state index >= 15 is 0 Å². The van der Waals surface area contributed by atoms with E-state index in [1.165, 1.54) is 25.7 Å². The highest BCUT2D eigenvalue weighted by molar-refractivity contribution is 5.78. The molecule has 4 aliphatic rings. The lowest BCUT2D eigenvalue weighted by molar-refractivity contribution is -0.203. The Balaban J connectivity index is 1.56. The molecule has 0 radical (unpaired) electrons. The molecular weight excluding hydrogens is 396 g/mol. The SMILES string of the molecule is CCCCC(=O)C[C@@H](C)[C@H]1CCC2[C@H]3C(CC[C@@]21C)[C@@]1(C)CC[C@@H](O)C[C@H]1[C@@H](CC)[C@H]3O. The van der Waals surface area contributed by atoms with Gasteiger partial charge in [-0.3, -0.25) is 4.79 Å². The summed E-state index contributed by atoms with van der Waals surface area (Å²) in [5, 5.41) is 22.3. The summed E-state index contributed by atoms with van der Waals surface area (Å²) in [6.07, 6.45) is 12.1. The summed E-state index contributed by atoms with van der Waals surface area (Å²) in [6, 6.07) is 0. The van der Waals surface area contributed by atoms with Gasteiger partial charge < -0.3 is 10.2 Å². The van der Waals surface area contributed by atoms with Crippen LogP contribution in [0.3, 0.4) is 0 Å². The van der Waals surface area contributed by atoms with Gasteiger partial charge in [-0.2, -0.15) is 0 Å².